The molecule has 1 heterocycles. The van der Waals surface area contributed by atoms with Crippen molar-refractivity contribution >= 4 is 21.8 Å². The molecule has 1 aliphatic heterocycles. The van der Waals surface area contributed by atoms with Crippen molar-refractivity contribution in [3.8, 4) is 0 Å². The normalized spacial score (nSPS) is 16.7. The predicted octanol–water partition coefficient (Wildman–Crippen LogP) is 0.840. The Morgan fingerprint density at radius 2 is 2.00 bits per heavy atom. The Bertz CT molecular complexity index is 574. The Hall–Kier alpha value is -1.82. The summed E-state index contributed by atoms with van der Waals surface area (Å²) in [6.07, 6.45) is 1.17. The molecule has 0 unspecified atom stereocenters. The van der Waals surface area contributed by atoms with E-state index in [2.05, 4.69) is 4.72 Å². The molecule has 16 heavy (non-hydrogen) atoms. The zero-order chi connectivity index (χ0) is 11.8. The molecule has 0 radical (unpaired) electrons. The molecule has 84 valence electrons. The summed E-state index contributed by atoms with van der Waals surface area (Å²) in [5.41, 5.74) is 0.386. The fourth-order valence-electron chi connectivity index (χ4n) is 1.42. The number of sulfonamides is 1. The number of carbonyl (C=O) groups excluding carboxylic acids is 1. The van der Waals surface area contributed by atoms with Gasteiger partial charge in [0.05, 0.1) is 11.1 Å². The van der Waals surface area contributed by atoms with Gasteiger partial charge < -0.3 is 4.74 Å². The summed E-state index contributed by atoms with van der Waals surface area (Å²) in [5.74, 6) is -0.292. The minimum atomic E-state index is -3.53. The highest BCUT2D eigenvalue weighted by Gasteiger charge is 2.25. The number of rotatable bonds is 1. The molecule has 0 spiro atoms. The molecule has 1 aliphatic rings. The predicted molar refractivity (Wildman–Crippen MR) is 56.5 cm³/mol. The van der Waals surface area contributed by atoms with Crippen molar-refractivity contribution in [3.63, 3.8) is 0 Å². The third kappa shape index (κ3) is 1.79. The molecule has 1 aromatic rings. The zero-order valence-corrected chi connectivity index (χ0v) is 9.24. The van der Waals surface area contributed by atoms with Crippen molar-refractivity contribution in [2.45, 2.75) is 11.8 Å². The van der Waals surface area contributed by atoms with Crippen LogP contribution in [-0.4, -0.2) is 14.4 Å². The van der Waals surface area contributed by atoms with E-state index in [1.807, 2.05) is 0 Å². The molecule has 0 bridgehead atoms. The van der Waals surface area contributed by atoms with E-state index >= 15 is 0 Å². The molecule has 0 saturated carbocycles. The molecular formula is C10H9NO4S. The lowest BCUT2D eigenvalue weighted by Crippen LogP contribution is -2.24. The maximum Gasteiger partial charge on any atom is 0.308 e. The molecule has 0 aliphatic carbocycles. The Morgan fingerprint density at radius 1 is 1.31 bits per heavy atom. The summed E-state index contributed by atoms with van der Waals surface area (Å²) in [5, 5.41) is 0. The van der Waals surface area contributed by atoms with Crippen molar-refractivity contribution in [1.82, 2.24) is 4.72 Å². The summed E-state index contributed by atoms with van der Waals surface area (Å²) < 4.78 is 30.3. The van der Waals surface area contributed by atoms with Gasteiger partial charge in [-0.05, 0) is 12.1 Å². The van der Waals surface area contributed by atoms with Crippen LogP contribution in [0.15, 0.2) is 35.4 Å². The van der Waals surface area contributed by atoms with Gasteiger partial charge in [-0.1, -0.05) is 12.1 Å². The van der Waals surface area contributed by atoms with Crippen LogP contribution in [0, 0.1) is 0 Å². The zero-order valence-electron chi connectivity index (χ0n) is 8.43. The van der Waals surface area contributed by atoms with Gasteiger partial charge in [-0.2, -0.15) is 0 Å². The highest BCUT2D eigenvalue weighted by Crippen LogP contribution is 2.27. The standard InChI is InChI=1S/C10H9NO4S/c1-7(12)15-9-6-11-16(13,14)10-5-3-2-4-8(9)10/h2-6,11H,1H3. The van der Waals surface area contributed by atoms with E-state index in [0.29, 0.717) is 5.56 Å². The summed E-state index contributed by atoms with van der Waals surface area (Å²) in [4.78, 5) is 10.9. The van der Waals surface area contributed by atoms with Crippen LogP contribution in [0.25, 0.3) is 5.76 Å². The monoisotopic (exact) mass is 239 g/mol. The largest absolute Gasteiger partial charge is 0.424 e. The van der Waals surface area contributed by atoms with E-state index in [4.69, 9.17) is 4.74 Å². The van der Waals surface area contributed by atoms with E-state index in [1.54, 1.807) is 18.2 Å². The van der Waals surface area contributed by atoms with Gasteiger partial charge in [0, 0.05) is 12.5 Å². The van der Waals surface area contributed by atoms with Gasteiger partial charge >= 0.3 is 5.97 Å². The maximum atomic E-state index is 11.6. The Morgan fingerprint density at radius 3 is 2.69 bits per heavy atom. The van der Waals surface area contributed by atoms with Gasteiger partial charge in [0.1, 0.15) is 0 Å². The first-order chi connectivity index (χ1) is 7.50. The van der Waals surface area contributed by atoms with Crippen molar-refractivity contribution in [2.24, 2.45) is 0 Å². The average Bonchev–Trinajstić information content (AvgIpc) is 2.23. The molecule has 6 heteroatoms. The van der Waals surface area contributed by atoms with E-state index < -0.39 is 16.0 Å². The third-order valence-corrected chi connectivity index (χ3v) is 3.40. The molecule has 0 amide bonds. The van der Waals surface area contributed by atoms with Crippen molar-refractivity contribution in [2.75, 3.05) is 0 Å². The molecule has 5 nitrogen and oxygen atoms in total. The van der Waals surface area contributed by atoms with E-state index in [9.17, 15) is 13.2 Å². The van der Waals surface area contributed by atoms with E-state index in [0.717, 1.165) is 0 Å². The lowest BCUT2D eigenvalue weighted by molar-refractivity contribution is -0.134. The first-order valence-corrected chi connectivity index (χ1v) is 5.99. The van der Waals surface area contributed by atoms with Crippen LogP contribution in [0.2, 0.25) is 0 Å². The number of nitrogens with one attached hydrogen (secondary N) is 1. The number of hydrogen-bond acceptors (Lipinski definition) is 4. The lowest BCUT2D eigenvalue weighted by atomic mass is 10.2. The molecule has 0 atom stereocenters. The van der Waals surface area contributed by atoms with Crippen LogP contribution < -0.4 is 4.72 Å². The molecule has 2 rings (SSSR count). The SMILES string of the molecule is CC(=O)OC1=CNS(=O)(=O)c2ccccc21. The second kappa shape index (κ2) is 3.64. The number of ether oxygens (including phenoxy) is 1. The number of carbonyl (C=O) groups is 1. The van der Waals surface area contributed by atoms with Gasteiger partial charge in [-0.15, -0.1) is 0 Å². The highest BCUT2D eigenvalue weighted by atomic mass is 32.2. The summed E-state index contributed by atoms with van der Waals surface area (Å²) in [6, 6.07) is 6.32. The first-order valence-electron chi connectivity index (χ1n) is 4.51. The number of esters is 1. The highest BCUT2D eigenvalue weighted by molar-refractivity contribution is 7.89. The van der Waals surface area contributed by atoms with Gasteiger partial charge in [0.25, 0.3) is 10.0 Å². The molecule has 1 N–H and O–H groups in total. The fourth-order valence-corrected chi connectivity index (χ4v) is 2.52. The topological polar surface area (TPSA) is 72.5 Å². The minimum Gasteiger partial charge on any atom is -0.424 e. The Labute approximate surface area is 92.8 Å². The summed E-state index contributed by atoms with van der Waals surface area (Å²) in [7, 11) is -3.53. The second-order valence-corrected chi connectivity index (χ2v) is 4.90. The first kappa shape index (κ1) is 10.7. The molecule has 0 saturated heterocycles. The Kier molecular flexibility index (Phi) is 2.43. The van der Waals surface area contributed by atoms with Crippen LogP contribution in [0.4, 0.5) is 0 Å². The van der Waals surface area contributed by atoms with Crippen LogP contribution in [-0.2, 0) is 19.6 Å². The van der Waals surface area contributed by atoms with Crippen LogP contribution in [0.5, 0.6) is 0 Å². The van der Waals surface area contributed by atoms with Gasteiger partial charge in [0.15, 0.2) is 5.76 Å². The summed E-state index contributed by atoms with van der Waals surface area (Å²) >= 11 is 0. The molecule has 1 aromatic carbocycles. The van der Waals surface area contributed by atoms with Crippen molar-refractivity contribution in [1.29, 1.82) is 0 Å². The second-order valence-electron chi connectivity index (χ2n) is 3.22. The van der Waals surface area contributed by atoms with E-state index in [1.165, 1.54) is 19.2 Å². The van der Waals surface area contributed by atoms with Crippen molar-refractivity contribution in [3.05, 3.63) is 36.0 Å². The number of fused-ring (bicyclic) bond motifs is 1. The quantitative estimate of drug-likeness (QED) is 0.737. The minimum absolute atomic E-state index is 0.105. The van der Waals surface area contributed by atoms with Crippen molar-refractivity contribution < 1.29 is 17.9 Å². The lowest BCUT2D eigenvalue weighted by Gasteiger charge is -2.17. The van der Waals surface area contributed by atoms with Gasteiger partial charge in [-0.25, -0.2) is 8.42 Å². The van der Waals surface area contributed by atoms with Gasteiger partial charge in [-0.3, -0.25) is 9.52 Å². The molecule has 0 aromatic heterocycles. The average molecular weight is 239 g/mol. The van der Waals surface area contributed by atoms with Crippen LogP contribution in [0.1, 0.15) is 12.5 Å². The van der Waals surface area contributed by atoms with E-state index in [-0.39, 0.29) is 10.7 Å². The number of benzene rings is 1. The van der Waals surface area contributed by atoms with Crippen LogP contribution in [0.3, 0.4) is 0 Å². The smallest absolute Gasteiger partial charge is 0.308 e. The maximum absolute atomic E-state index is 11.6. The third-order valence-electron chi connectivity index (χ3n) is 2.04. The molecular weight excluding hydrogens is 230 g/mol. The van der Waals surface area contributed by atoms with Crippen LogP contribution >= 0.6 is 0 Å². The Balaban J connectivity index is 2.56. The fraction of sp³-hybridized carbons (Fsp3) is 0.100. The summed E-state index contributed by atoms with van der Waals surface area (Å²) in [6.45, 7) is 1.26. The number of hydrogen-bond donors (Lipinski definition) is 1. The molecule has 0 fully saturated rings. The van der Waals surface area contributed by atoms with Gasteiger partial charge in [0.2, 0.25) is 0 Å².